The lowest BCUT2D eigenvalue weighted by Gasteiger charge is -2.26. The summed E-state index contributed by atoms with van der Waals surface area (Å²) in [5, 5.41) is 4.72. The third kappa shape index (κ3) is 6.44. The van der Waals surface area contributed by atoms with E-state index < -0.39 is 0 Å². The van der Waals surface area contributed by atoms with Gasteiger partial charge in [0.15, 0.2) is 0 Å². The average Bonchev–Trinajstić information content (AvgIpc) is 2.71. The van der Waals surface area contributed by atoms with Crippen molar-refractivity contribution in [1.29, 1.82) is 0 Å². The van der Waals surface area contributed by atoms with E-state index in [2.05, 4.69) is 48.5 Å². The molecule has 0 atom stereocenters. The van der Waals surface area contributed by atoms with Crippen molar-refractivity contribution >= 4 is 16.7 Å². The highest BCUT2D eigenvalue weighted by Gasteiger charge is 2.16. The van der Waals surface area contributed by atoms with Gasteiger partial charge in [-0.2, -0.15) is 0 Å². The molecule has 1 aliphatic rings. The standard InChI is InChI=1S/C24H38N4/c1-3-4-5-6-12-17-25-24-21-15-10-11-16-22(21)26-23(27-24)19-28(2)18-20-13-8-7-9-14-20/h10-11,15-16,20H,3-9,12-14,17-19H2,1-2H3,(H,25,26,27). The number of nitrogens with one attached hydrogen (secondary N) is 1. The maximum absolute atomic E-state index is 4.90. The fraction of sp³-hybridized carbons (Fsp3) is 0.667. The highest BCUT2D eigenvalue weighted by molar-refractivity contribution is 5.88. The summed E-state index contributed by atoms with van der Waals surface area (Å²) in [6, 6.07) is 8.38. The summed E-state index contributed by atoms with van der Waals surface area (Å²) in [5.74, 6) is 2.78. The Hall–Kier alpha value is -1.68. The number of aromatic nitrogens is 2. The van der Waals surface area contributed by atoms with Gasteiger partial charge in [-0.3, -0.25) is 4.90 Å². The van der Waals surface area contributed by atoms with Gasteiger partial charge in [0.05, 0.1) is 12.1 Å². The van der Waals surface area contributed by atoms with E-state index >= 15 is 0 Å². The zero-order chi connectivity index (χ0) is 19.6. The Balaban J connectivity index is 1.61. The average molecular weight is 383 g/mol. The molecule has 1 saturated carbocycles. The van der Waals surface area contributed by atoms with Gasteiger partial charge in [-0.05, 0) is 44.4 Å². The minimum Gasteiger partial charge on any atom is -0.369 e. The summed E-state index contributed by atoms with van der Waals surface area (Å²) in [6.45, 7) is 5.24. The number of para-hydroxylation sites is 1. The summed E-state index contributed by atoms with van der Waals surface area (Å²) in [7, 11) is 2.22. The quantitative estimate of drug-likeness (QED) is 0.482. The lowest BCUT2D eigenvalue weighted by atomic mass is 9.89. The van der Waals surface area contributed by atoms with Crippen LogP contribution in [0.1, 0.15) is 77.0 Å². The van der Waals surface area contributed by atoms with Crippen molar-refractivity contribution in [3.63, 3.8) is 0 Å². The normalized spacial score (nSPS) is 15.4. The number of nitrogens with zero attached hydrogens (tertiary/aromatic N) is 3. The molecule has 0 amide bonds. The van der Waals surface area contributed by atoms with Gasteiger partial charge in [0, 0.05) is 18.5 Å². The Morgan fingerprint density at radius 3 is 2.61 bits per heavy atom. The molecule has 0 unspecified atom stereocenters. The molecule has 0 saturated heterocycles. The Morgan fingerprint density at radius 1 is 1.00 bits per heavy atom. The van der Waals surface area contributed by atoms with Crippen LogP contribution in [-0.4, -0.2) is 35.0 Å². The molecule has 0 aliphatic heterocycles. The molecule has 1 aliphatic carbocycles. The number of anilines is 1. The molecule has 4 heteroatoms. The zero-order valence-corrected chi connectivity index (χ0v) is 17.9. The van der Waals surface area contributed by atoms with Crippen molar-refractivity contribution < 1.29 is 0 Å². The second-order valence-electron chi connectivity index (χ2n) is 8.55. The second-order valence-corrected chi connectivity index (χ2v) is 8.55. The topological polar surface area (TPSA) is 41.1 Å². The number of rotatable bonds is 11. The van der Waals surface area contributed by atoms with E-state index in [-0.39, 0.29) is 0 Å². The van der Waals surface area contributed by atoms with E-state index in [1.807, 2.05) is 0 Å². The Kier molecular flexibility index (Phi) is 8.53. The van der Waals surface area contributed by atoms with Crippen LogP contribution < -0.4 is 5.32 Å². The maximum Gasteiger partial charge on any atom is 0.145 e. The molecule has 1 aromatic carbocycles. The van der Waals surface area contributed by atoms with Crippen molar-refractivity contribution in [2.24, 2.45) is 5.92 Å². The number of hydrogen-bond donors (Lipinski definition) is 1. The van der Waals surface area contributed by atoms with Crippen LogP contribution in [0.2, 0.25) is 0 Å². The molecule has 3 rings (SSSR count). The molecule has 0 spiro atoms. The van der Waals surface area contributed by atoms with Gasteiger partial charge in [0.2, 0.25) is 0 Å². The van der Waals surface area contributed by atoms with Crippen LogP contribution in [0, 0.1) is 5.92 Å². The van der Waals surface area contributed by atoms with E-state index in [0.717, 1.165) is 48.1 Å². The van der Waals surface area contributed by atoms with E-state index in [9.17, 15) is 0 Å². The van der Waals surface area contributed by atoms with E-state index in [4.69, 9.17) is 9.97 Å². The molecule has 154 valence electrons. The van der Waals surface area contributed by atoms with Crippen molar-refractivity contribution in [1.82, 2.24) is 14.9 Å². The molecule has 1 N–H and O–H groups in total. The van der Waals surface area contributed by atoms with Gasteiger partial charge in [-0.15, -0.1) is 0 Å². The number of fused-ring (bicyclic) bond motifs is 1. The molecule has 0 bridgehead atoms. The first-order valence-electron chi connectivity index (χ1n) is 11.4. The van der Waals surface area contributed by atoms with Crippen LogP contribution in [0.25, 0.3) is 10.9 Å². The van der Waals surface area contributed by atoms with Gasteiger partial charge < -0.3 is 5.32 Å². The van der Waals surface area contributed by atoms with Crippen molar-refractivity contribution in [3.05, 3.63) is 30.1 Å². The monoisotopic (exact) mass is 382 g/mol. The van der Waals surface area contributed by atoms with Crippen LogP contribution in [-0.2, 0) is 6.54 Å². The minimum absolute atomic E-state index is 0.826. The summed E-state index contributed by atoms with van der Waals surface area (Å²) in [4.78, 5) is 12.2. The van der Waals surface area contributed by atoms with Gasteiger partial charge in [-0.25, -0.2) is 9.97 Å². The maximum atomic E-state index is 4.90. The summed E-state index contributed by atoms with van der Waals surface area (Å²) in [6.07, 6.45) is 13.4. The van der Waals surface area contributed by atoms with Crippen LogP contribution in [0.5, 0.6) is 0 Å². The smallest absolute Gasteiger partial charge is 0.145 e. The van der Waals surface area contributed by atoms with Crippen LogP contribution in [0.3, 0.4) is 0 Å². The fourth-order valence-electron chi connectivity index (χ4n) is 4.38. The Labute approximate surface area is 171 Å². The lowest BCUT2D eigenvalue weighted by molar-refractivity contribution is 0.224. The highest BCUT2D eigenvalue weighted by Crippen LogP contribution is 2.25. The van der Waals surface area contributed by atoms with Gasteiger partial charge in [0.1, 0.15) is 11.6 Å². The molecule has 2 aromatic rings. The summed E-state index contributed by atoms with van der Waals surface area (Å²) >= 11 is 0. The molecular weight excluding hydrogens is 344 g/mol. The molecular formula is C24H38N4. The van der Waals surface area contributed by atoms with Crippen molar-refractivity contribution in [2.75, 3.05) is 25.5 Å². The first kappa shape index (κ1) is 21.0. The van der Waals surface area contributed by atoms with Crippen LogP contribution in [0.15, 0.2) is 24.3 Å². The molecule has 0 radical (unpaired) electrons. The molecule has 1 heterocycles. The zero-order valence-electron chi connectivity index (χ0n) is 17.9. The van der Waals surface area contributed by atoms with Crippen LogP contribution >= 0.6 is 0 Å². The van der Waals surface area contributed by atoms with Gasteiger partial charge >= 0.3 is 0 Å². The van der Waals surface area contributed by atoms with E-state index in [1.54, 1.807) is 0 Å². The van der Waals surface area contributed by atoms with Crippen molar-refractivity contribution in [3.8, 4) is 0 Å². The molecule has 1 aromatic heterocycles. The number of hydrogen-bond acceptors (Lipinski definition) is 4. The number of unbranched alkanes of at least 4 members (excludes halogenated alkanes) is 4. The summed E-state index contributed by atoms with van der Waals surface area (Å²) < 4.78 is 0. The highest BCUT2D eigenvalue weighted by atomic mass is 15.1. The molecule has 1 fully saturated rings. The lowest BCUT2D eigenvalue weighted by Crippen LogP contribution is -2.27. The second kappa shape index (κ2) is 11.4. The third-order valence-corrected chi connectivity index (χ3v) is 5.93. The first-order valence-corrected chi connectivity index (χ1v) is 11.4. The Bertz CT molecular complexity index is 709. The van der Waals surface area contributed by atoms with Crippen molar-refractivity contribution in [2.45, 2.75) is 77.7 Å². The summed E-state index contributed by atoms with van der Waals surface area (Å²) in [5.41, 5.74) is 1.05. The van der Waals surface area contributed by atoms with Crippen LogP contribution in [0.4, 0.5) is 5.82 Å². The van der Waals surface area contributed by atoms with Gasteiger partial charge in [0.25, 0.3) is 0 Å². The van der Waals surface area contributed by atoms with E-state index in [0.29, 0.717) is 0 Å². The number of benzene rings is 1. The predicted octanol–water partition coefficient (Wildman–Crippen LogP) is 6.02. The third-order valence-electron chi connectivity index (χ3n) is 5.93. The molecule has 4 nitrogen and oxygen atoms in total. The predicted molar refractivity (Wildman–Crippen MR) is 120 cm³/mol. The largest absolute Gasteiger partial charge is 0.369 e. The fourth-order valence-corrected chi connectivity index (χ4v) is 4.38. The SMILES string of the molecule is CCCCCCCNc1nc(CN(C)CC2CCCCC2)nc2ccccc12. The minimum atomic E-state index is 0.826. The Morgan fingerprint density at radius 2 is 1.79 bits per heavy atom. The first-order chi connectivity index (χ1) is 13.8. The van der Waals surface area contributed by atoms with E-state index in [1.165, 1.54) is 64.2 Å². The molecule has 28 heavy (non-hydrogen) atoms. The van der Waals surface area contributed by atoms with Gasteiger partial charge in [-0.1, -0.05) is 64.0 Å².